The molecule has 65 valence electrons. The second-order valence-electron chi connectivity index (χ2n) is 2.56. The van der Waals surface area contributed by atoms with E-state index in [4.69, 9.17) is 0 Å². The average Bonchev–Trinajstić information content (AvgIpc) is 2.56. The van der Waals surface area contributed by atoms with E-state index in [0.29, 0.717) is 11.1 Å². The third-order valence-corrected chi connectivity index (χ3v) is 2.30. The van der Waals surface area contributed by atoms with E-state index < -0.39 is 11.6 Å². The first kappa shape index (κ1) is 8.38. The summed E-state index contributed by atoms with van der Waals surface area (Å²) in [6.45, 7) is 0. The molecule has 0 saturated heterocycles. The summed E-state index contributed by atoms with van der Waals surface area (Å²) in [5.41, 5.74) is 1.06. The lowest BCUT2D eigenvalue weighted by Crippen LogP contribution is -1.83. The fraction of sp³-hybridized carbons (Fsp3) is 0. The molecular weight excluding hydrogens is 190 g/mol. The van der Waals surface area contributed by atoms with Gasteiger partial charge in [0, 0.05) is 17.2 Å². The Bertz CT molecular complexity index is 407. The minimum atomic E-state index is -0.559. The first-order chi connectivity index (χ1) is 6.27. The number of rotatable bonds is 1. The Kier molecular flexibility index (Phi) is 2.10. The van der Waals surface area contributed by atoms with Gasteiger partial charge in [-0.2, -0.15) is 0 Å². The van der Waals surface area contributed by atoms with Crippen LogP contribution in [0.4, 0.5) is 8.78 Å². The Morgan fingerprint density at radius 1 is 1.15 bits per heavy atom. The van der Waals surface area contributed by atoms with Crippen LogP contribution in [0.15, 0.2) is 29.6 Å². The minimum absolute atomic E-state index is 0.391. The molecule has 0 aliphatic carbocycles. The van der Waals surface area contributed by atoms with E-state index in [1.54, 1.807) is 11.4 Å². The van der Waals surface area contributed by atoms with Gasteiger partial charge in [-0.25, -0.2) is 8.78 Å². The van der Waals surface area contributed by atoms with Crippen LogP contribution in [0.3, 0.4) is 0 Å². The van der Waals surface area contributed by atoms with E-state index in [1.165, 1.54) is 23.5 Å². The van der Waals surface area contributed by atoms with Gasteiger partial charge in [0.05, 0.1) is 5.38 Å². The van der Waals surface area contributed by atoms with Crippen molar-refractivity contribution in [1.29, 1.82) is 0 Å². The Labute approximate surface area is 78.5 Å². The number of benzene rings is 1. The molecule has 0 unspecified atom stereocenters. The van der Waals surface area contributed by atoms with E-state index in [-0.39, 0.29) is 0 Å². The van der Waals surface area contributed by atoms with Gasteiger partial charge in [-0.3, -0.25) is 0 Å². The van der Waals surface area contributed by atoms with Gasteiger partial charge in [0.15, 0.2) is 0 Å². The highest BCUT2D eigenvalue weighted by atomic mass is 32.1. The van der Waals surface area contributed by atoms with Crippen LogP contribution in [-0.2, 0) is 0 Å². The van der Waals surface area contributed by atoms with Crippen LogP contribution in [0.2, 0.25) is 0 Å². The van der Waals surface area contributed by atoms with Crippen LogP contribution in [0.25, 0.3) is 11.1 Å². The summed E-state index contributed by atoms with van der Waals surface area (Å²) in [5.74, 6) is -1.11. The molecule has 1 radical (unpaired) electrons. The summed E-state index contributed by atoms with van der Waals surface area (Å²) in [5, 5.41) is 4.70. The van der Waals surface area contributed by atoms with Gasteiger partial charge in [0.25, 0.3) is 0 Å². The normalized spacial score (nSPS) is 10.3. The molecule has 1 aromatic carbocycles. The molecule has 3 heteroatoms. The maximum atomic E-state index is 13.2. The molecule has 1 heterocycles. The number of hydrogen-bond acceptors (Lipinski definition) is 1. The van der Waals surface area contributed by atoms with Crippen molar-refractivity contribution in [2.45, 2.75) is 0 Å². The summed E-state index contributed by atoms with van der Waals surface area (Å²) in [6.07, 6.45) is 0. The largest absolute Gasteiger partial charge is 0.207 e. The highest BCUT2D eigenvalue weighted by molar-refractivity contribution is 7.07. The predicted octanol–water partition coefficient (Wildman–Crippen LogP) is 3.49. The molecule has 0 amide bonds. The highest BCUT2D eigenvalue weighted by Crippen LogP contribution is 2.24. The van der Waals surface area contributed by atoms with E-state index in [9.17, 15) is 8.78 Å². The molecule has 0 aliphatic rings. The molecule has 0 spiro atoms. The molecule has 2 aromatic rings. The van der Waals surface area contributed by atoms with Gasteiger partial charge in [-0.1, -0.05) is 0 Å². The van der Waals surface area contributed by atoms with Gasteiger partial charge in [-0.05, 0) is 23.6 Å². The first-order valence-electron chi connectivity index (χ1n) is 3.68. The van der Waals surface area contributed by atoms with Crippen molar-refractivity contribution in [1.82, 2.24) is 0 Å². The second kappa shape index (κ2) is 3.26. The molecule has 13 heavy (non-hydrogen) atoms. The summed E-state index contributed by atoms with van der Waals surface area (Å²) >= 11 is 1.36. The summed E-state index contributed by atoms with van der Waals surface area (Å²) < 4.78 is 25.7. The zero-order valence-electron chi connectivity index (χ0n) is 6.55. The summed E-state index contributed by atoms with van der Waals surface area (Å²) in [7, 11) is 0. The predicted molar refractivity (Wildman–Crippen MR) is 48.5 cm³/mol. The summed E-state index contributed by atoms with van der Waals surface area (Å²) in [4.78, 5) is 0. The Hall–Kier alpha value is -1.22. The minimum Gasteiger partial charge on any atom is -0.207 e. The Morgan fingerprint density at radius 2 is 2.00 bits per heavy atom. The van der Waals surface area contributed by atoms with Gasteiger partial charge < -0.3 is 0 Å². The fourth-order valence-electron chi connectivity index (χ4n) is 1.09. The molecule has 0 fully saturated rings. The lowest BCUT2D eigenvalue weighted by atomic mass is 10.1. The van der Waals surface area contributed by atoms with Crippen LogP contribution in [-0.4, -0.2) is 0 Å². The number of thiophene rings is 1. The molecular formula is C10H5F2S. The smallest absolute Gasteiger partial charge is 0.133 e. The van der Waals surface area contributed by atoms with Gasteiger partial charge in [0.2, 0.25) is 0 Å². The van der Waals surface area contributed by atoms with Crippen molar-refractivity contribution in [2.75, 3.05) is 0 Å². The van der Waals surface area contributed by atoms with E-state index >= 15 is 0 Å². The second-order valence-corrected chi connectivity index (χ2v) is 3.27. The Morgan fingerprint density at radius 3 is 2.62 bits per heavy atom. The van der Waals surface area contributed by atoms with Gasteiger partial charge in [0.1, 0.15) is 11.6 Å². The maximum Gasteiger partial charge on any atom is 0.133 e. The molecule has 1 aromatic heterocycles. The first-order valence-corrected chi connectivity index (χ1v) is 4.56. The molecule has 0 bridgehead atoms. The zero-order valence-corrected chi connectivity index (χ0v) is 7.37. The lowest BCUT2D eigenvalue weighted by molar-refractivity contribution is 0.585. The van der Waals surface area contributed by atoms with Crippen molar-refractivity contribution in [3.8, 4) is 11.1 Å². The molecule has 0 atom stereocenters. The molecule has 2 rings (SSSR count). The zero-order chi connectivity index (χ0) is 9.26. The maximum absolute atomic E-state index is 13.2. The molecule has 0 saturated carbocycles. The monoisotopic (exact) mass is 195 g/mol. The van der Waals surface area contributed by atoms with Crippen molar-refractivity contribution in [2.24, 2.45) is 0 Å². The van der Waals surface area contributed by atoms with Crippen LogP contribution < -0.4 is 0 Å². The number of hydrogen-bond donors (Lipinski definition) is 0. The quantitative estimate of drug-likeness (QED) is 0.653. The highest BCUT2D eigenvalue weighted by Gasteiger charge is 2.05. The third-order valence-electron chi connectivity index (χ3n) is 1.69. The van der Waals surface area contributed by atoms with Crippen molar-refractivity contribution >= 4 is 11.3 Å². The van der Waals surface area contributed by atoms with Crippen LogP contribution in [0, 0.1) is 17.0 Å². The van der Waals surface area contributed by atoms with Crippen LogP contribution in [0.5, 0.6) is 0 Å². The average molecular weight is 195 g/mol. The van der Waals surface area contributed by atoms with E-state index in [1.807, 2.05) is 0 Å². The van der Waals surface area contributed by atoms with Gasteiger partial charge >= 0.3 is 0 Å². The van der Waals surface area contributed by atoms with Crippen molar-refractivity contribution in [3.05, 3.63) is 46.7 Å². The van der Waals surface area contributed by atoms with E-state index in [2.05, 4.69) is 5.38 Å². The topological polar surface area (TPSA) is 0 Å². The molecule has 0 nitrogen and oxygen atoms in total. The fourth-order valence-corrected chi connectivity index (χ4v) is 1.66. The van der Waals surface area contributed by atoms with Crippen molar-refractivity contribution < 1.29 is 8.78 Å². The summed E-state index contributed by atoms with van der Waals surface area (Å²) in [6, 6.07) is 5.29. The van der Waals surface area contributed by atoms with Crippen LogP contribution in [0.1, 0.15) is 0 Å². The van der Waals surface area contributed by atoms with Crippen LogP contribution >= 0.6 is 11.3 Å². The molecule has 0 N–H and O–H groups in total. The number of halogens is 2. The van der Waals surface area contributed by atoms with E-state index in [0.717, 1.165) is 6.07 Å². The lowest BCUT2D eigenvalue weighted by Gasteiger charge is -1.98. The third kappa shape index (κ3) is 1.60. The Balaban J connectivity index is 2.53. The standard InChI is InChI=1S/C10H5F2S/c11-8-1-2-9(10(12)5-8)7-3-4-13-6-7/h1-5H. The van der Waals surface area contributed by atoms with Crippen molar-refractivity contribution in [3.63, 3.8) is 0 Å². The molecule has 0 aliphatic heterocycles. The van der Waals surface area contributed by atoms with Gasteiger partial charge in [-0.15, -0.1) is 11.3 Å². The SMILES string of the molecule is Fc1ccc(-c2[c]scc2)c(F)c1.